The summed E-state index contributed by atoms with van der Waals surface area (Å²) in [6.45, 7) is 1.25. The van der Waals surface area contributed by atoms with Crippen LogP contribution in [0.1, 0.15) is 11.4 Å². The smallest absolute Gasteiger partial charge is 0.304 e. The lowest BCUT2D eigenvalue weighted by atomic mass is 10.2. The van der Waals surface area contributed by atoms with E-state index in [2.05, 4.69) is 15.3 Å². The highest BCUT2D eigenvalue weighted by Gasteiger charge is 2.04. The Balaban J connectivity index is 1.73. The monoisotopic (exact) mass is 301 g/mol. The highest BCUT2D eigenvalue weighted by molar-refractivity contribution is 7.07. The summed E-state index contributed by atoms with van der Waals surface area (Å²) < 4.78 is 5.34. The maximum absolute atomic E-state index is 11.0. The predicted molar refractivity (Wildman–Crippen MR) is 83.8 cm³/mol. The van der Waals surface area contributed by atoms with Gasteiger partial charge in [-0.1, -0.05) is 29.5 Å². The van der Waals surface area contributed by atoms with Crippen molar-refractivity contribution in [3.8, 4) is 5.75 Å². The molecule has 0 aliphatic rings. The molecule has 0 aliphatic carbocycles. The number of para-hydroxylation sites is 1. The first kappa shape index (κ1) is 13.8. The van der Waals surface area contributed by atoms with E-state index in [0.29, 0.717) is 13.1 Å². The zero-order valence-corrected chi connectivity index (χ0v) is 12.4. The Morgan fingerprint density at radius 2 is 2.19 bits per heavy atom. The summed E-state index contributed by atoms with van der Waals surface area (Å²) >= 11 is 1.17. The number of nitrogens with one attached hydrogen (secondary N) is 2. The molecule has 108 valence electrons. The van der Waals surface area contributed by atoms with Gasteiger partial charge in [-0.15, -0.1) is 0 Å². The quantitative estimate of drug-likeness (QED) is 0.759. The van der Waals surface area contributed by atoms with Crippen molar-refractivity contribution in [2.24, 2.45) is 0 Å². The molecule has 0 atom stereocenters. The van der Waals surface area contributed by atoms with Gasteiger partial charge in [-0.05, 0) is 12.1 Å². The lowest BCUT2D eigenvalue weighted by Gasteiger charge is -2.07. The van der Waals surface area contributed by atoms with Gasteiger partial charge in [0.15, 0.2) is 0 Å². The van der Waals surface area contributed by atoms with E-state index in [-0.39, 0.29) is 4.87 Å². The van der Waals surface area contributed by atoms with Crippen LogP contribution in [0.4, 0.5) is 0 Å². The van der Waals surface area contributed by atoms with Crippen LogP contribution in [0.25, 0.3) is 10.9 Å². The number of nitrogens with zero attached hydrogens (tertiary/aromatic N) is 1. The van der Waals surface area contributed by atoms with E-state index in [4.69, 9.17) is 4.74 Å². The first-order chi connectivity index (χ1) is 10.3. The summed E-state index contributed by atoms with van der Waals surface area (Å²) in [6.07, 6.45) is 0. The van der Waals surface area contributed by atoms with Crippen molar-refractivity contribution in [3.63, 3.8) is 0 Å². The number of ether oxygens (including phenoxy) is 1. The van der Waals surface area contributed by atoms with E-state index in [1.165, 1.54) is 11.3 Å². The molecule has 0 unspecified atom stereocenters. The summed E-state index contributed by atoms with van der Waals surface area (Å²) in [4.78, 5) is 18.4. The van der Waals surface area contributed by atoms with Crippen molar-refractivity contribution < 1.29 is 4.74 Å². The van der Waals surface area contributed by atoms with E-state index in [9.17, 15) is 4.79 Å². The Bertz CT molecular complexity index is 810. The zero-order valence-electron chi connectivity index (χ0n) is 11.6. The molecule has 0 aliphatic heterocycles. The van der Waals surface area contributed by atoms with Crippen LogP contribution in [0.3, 0.4) is 0 Å². The Morgan fingerprint density at radius 3 is 2.95 bits per heavy atom. The maximum Gasteiger partial charge on any atom is 0.304 e. The minimum Gasteiger partial charge on any atom is -0.494 e. The van der Waals surface area contributed by atoms with Crippen LogP contribution < -0.4 is 14.9 Å². The van der Waals surface area contributed by atoms with Gasteiger partial charge >= 0.3 is 4.87 Å². The molecular formula is C15H15N3O2S. The zero-order chi connectivity index (χ0) is 14.7. The molecule has 0 bridgehead atoms. The fourth-order valence-corrected chi connectivity index (χ4v) is 2.73. The van der Waals surface area contributed by atoms with Gasteiger partial charge in [0.25, 0.3) is 0 Å². The summed E-state index contributed by atoms with van der Waals surface area (Å²) in [5.41, 5.74) is 2.69. The second-order valence-electron chi connectivity index (χ2n) is 4.61. The van der Waals surface area contributed by atoms with Crippen molar-refractivity contribution in [2.75, 3.05) is 7.11 Å². The van der Waals surface area contributed by atoms with E-state index >= 15 is 0 Å². The van der Waals surface area contributed by atoms with Crippen LogP contribution in [0, 0.1) is 0 Å². The molecule has 2 aromatic heterocycles. The third-order valence-electron chi connectivity index (χ3n) is 3.15. The van der Waals surface area contributed by atoms with Gasteiger partial charge in [-0.2, -0.15) is 0 Å². The number of aromatic nitrogens is 2. The number of hydrogen-bond acceptors (Lipinski definition) is 5. The topological polar surface area (TPSA) is 67.0 Å². The molecule has 2 heterocycles. The van der Waals surface area contributed by atoms with Crippen LogP contribution in [-0.2, 0) is 13.1 Å². The van der Waals surface area contributed by atoms with Crippen LogP contribution in [0.2, 0.25) is 0 Å². The number of fused-ring (bicyclic) bond motifs is 1. The number of pyridine rings is 1. The molecule has 0 saturated carbocycles. The van der Waals surface area contributed by atoms with Gasteiger partial charge < -0.3 is 15.0 Å². The second-order valence-corrected chi connectivity index (χ2v) is 5.45. The van der Waals surface area contributed by atoms with Gasteiger partial charge in [0.1, 0.15) is 11.3 Å². The molecule has 0 amide bonds. The normalized spacial score (nSPS) is 10.9. The first-order valence-corrected chi connectivity index (χ1v) is 7.44. The van der Waals surface area contributed by atoms with Gasteiger partial charge in [0, 0.05) is 29.5 Å². The number of H-pyrrole nitrogens is 1. The minimum atomic E-state index is -0.0274. The lowest BCUT2D eigenvalue weighted by molar-refractivity contribution is 0.418. The molecule has 3 aromatic rings. The van der Waals surface area contributed by atoms with Crippen molar-refractivity contribution in [1.82, 2.24) is 15.3 Å². The molecule has 0 fully saturated rings. The summed E-state index contributed by atoms with van der Waals surface area (Å²) in [6, 6.07) is 9.90. The van der Waals surface area contributed by atoms with Gasteiger partial charge in [-0.25, -0.2) is 4.98 Å². The maximum atomic E-state index is 11.0. The molecule has 3 rings (SSSR count). The minimum absolute atomic E-state index is 0.0274. The molecule has 5 nitrogen and oxygen atoms in total. The average Bonchev–Trinajstić information content (AvgIpc) is 2.92. The largest absolute Gasteiger partial charge is 0.494 e. The highest BCUT2D eigenvalue weighted by atomic mass is 32.1. The molecule has 6 heteroatoms. The molecule has 2 N–H and O–H groups in total. The van der Waals surface area contributed by atoms with Crippen LogP contribution in [0.5, 0.6) is 5.75 Å². The summed E-state index contributed by atoms with van der Waals surface area (Å²) in [5, 5.41) is 6.15. The predicted octanol–water partition coefficient (Wildman–Crippen LogP) is 2.28. The Labute approximate surface area is 125 Å². The molecular weight excluding hydrogens is 286 g/mol. The van der Waals surface area contributed by atoms with Crippen LogP contribution >= 0.6 is 11.3 Å². The molecule has 0 spiro atoms. The number of thiazole rings is 1. The van der Waals surface area contributed by atoms with Crippen molar-refractivity contribution >= 4 is 22.2 Å². The Hall–Kier alpha value is -2.18. The number of benzene rings is 1. The first-order valence-electron chi connectivity index (χ1n) is 6.56. The Morgan fingerprint density at radius 1 is 1.29 bits per heavy atom. The standard InChI is InChI=1S/C15H15N3O2S/c1-20-13-4-2-3-10-5-6-11(17-14(10)13)7-16-8-12-9-21-15(19)18-12/h2-6,9,16H,7-8H2,1H3,(H,18,19). The second kappa shape index (κ2) is 6.07. The van der Waals surface area contributed by atoms with Gasteiger partial charge in [0.05, 0.1) is 12.8 Å². The van der Waals surface area contributed by atoms with Gasteiger partial charge in [-0.3, -0.25) is 4.79 Å². The van der Waals surface area contributed by atoms with Gasteiger partial charge in [0.2, 0.25) is 0 Å². The van der Waals surface area contributed by atoms with Crippen molar-refractivity contribution in [2.45, 2.75) is 13.1 Å². The Kier molecular flexibility index (Phi) is 3.98. The lowest BCUT2D eigenvalue weighted by Crippen LogP contribution is -2.14. The highest BCUT2D eigenvalue weighted by Crippen LogP contribution is 2.23. The van der Waals surface area contributed by atoms with Crippen molar-refractivity contribution in [3.05, 3.63) is 56.8 Å². The van der Waals surface area contributed by atoms with Crippen molar-refractivity contribution in [1.29, 1.82) is 0 Å². The molecule has 21 heavy (non-hydrogen) atoms. The third kappa shape index (κ3) is 3.12. The number of hydrogen-bond donors (Lipinski definition) is 2. The molecule has 0 saturated heterocycles. The van der Waals surface area contributed by atoms with Crippen LogP contribution in [0.15, 0.2) is 40.5 Å². The van der Waals surface area contributed by atoms with E-state index in [0.717, 1.165) is 28.0 Å². The molecule has 0 radical (unpaired) electrons. The van der Waals surface area contributed by atoms with E-state index in [1.807, 2.05) is 35.7 Å². The number of aromatic amines is 1. The van der Waals surface area contributed by atoms with Crippen LogP contribution in [-0.4, -0.2) is 17.1 Å². The third-order valence-corrected chi connectivity index (χ3v) is 3.87. The SMILES string of the molecule is COc1cccc2ccc(CNCc3csc(=O)[nH]3)nc12. The van der Waals surface area contributed by atoms with E-state index in [1.54, 1.807) is 7.11 Å². The number of methoxy groups -OCH3 is 1. The summed E-state index contributed by atoms with van der Waals surface area (Å²) in [5.74, 6) is 0.775. The fraction of sp³-hybridized carbons (Fsp3) is 0.200. The number of rotatable bonds is 5. The average molecular weight is 301 g/mol. The fourth-order valence-electron chi connectivity index (χ4n) is 2.15. The summed E-state index contributed by atoms with van der Waals surface area (Å²) in [7, 11) is 1.65. The van der Waals surface area contributed by atoms with E-state index < -0.39 is 0 Å². The molecule has 1 aromatic carbocycles.